The predicted molar refractivity (Wildman–Crippen MR) is 99.8 cm³/mol. The van der Waals surface area contributed by atoms with Gasteiger partial charge in [-0.25, -0.2) is 9.97 Å². The average Bonchev–Trinajstić information content (AvgIpc) is 2.99. The summed E-state index contributed by atoms with van der Waals surface area (Å²) in [4.78, 5) is 8.22. The van der Waals surface area contributed by atoms with E-state index in [0.29, 0.717) is 5.95 Å². The highest BCUT2D eigenvalue weighted by molar-refractivity contribution is 5.79. The molecule has 4 aromatic rings. The molecule has 2 aromatic heterocycles. The summed E-state index contributed by atoms with van der Waals surface area (Å²) in [6.07, 6.45) is -3.28. The topological polar surface area (TPSA) is 52.0 Å². The van der Waals surface area contributed by atoms with E-state index in [1.54, 1.807) is 24.3 Å². The summed E-state index contributed by atoms with van der Waals surface area (Å²) in [5.74, 6) is 0.421. The van der Waals surface area contributed by atoms with E-state index >= 15 is 0 Å². The molecule has 8 heteroatoms. The molecule has 0 amide bonds. The standard InChI is InChI=1S/C20H15F3N4O/c1-27-17-7-3-2-6-16(17)26-19(27)25-13-8-10-14(11-9-13)28-18-15(20(21,22)23)5-4-12-24-18/h2-12H,1H3,(H,25,26). The maximum absolute atomic E-state index is 13.0. The van der Waals surface area contributed by atoms with Crippen LogP contribution < -0.4 is 10.1 Å². The normalized spacial score (nSPS) is 11.6. The number of aromatic nitrogens is 3. The first-order valence-electron chi connectivity index (χ1n) is 8.40. The van der Waals surface area contributed by atoms with Gasteiger partial charge in [0.25, 0.3) is 0 Å². The highest BCUT2D eigenvalue weighted by atomic mass is 19.4. The lowest BCUT2D eigenvalue weighted by Crippen LogP contribution is -2.08. The lowest BCUT2D eigenvalue weighted by Gasteiger charge is -2.12. The lowest BCUT2D eigenvalue weighted by atomic mass is 10.2. The van der Waals surface area contributed by atoms with Gasteiger partial charge in [-0.15, -0.1) is 0 Å². The number of benzene rings is 2. The molecule has 1 N–H and O–H groups in total. The minimum absolute atomic E-state index is 0.250. The number of alkyl halides is 3. The Hall–Kier alpha value is -3.55. The Kier molecular flexibility index (Phi) is 4.38. The van der Waals surface area contributed by atoms with Crippen molar-refractivity contribution in [2.24, 2.45) is 7.05 Å². The smallest absolute Gasteiger partial charge is 0.421 e. The zero-order chi connectivity index (χ0) is 19.7. The molecule has 4 rings (SSSR count). The van der Waals surface area contributed by atoms with E-state index in [4.69, 9.17) is 4.74 Å². The first-order chi connectivity index (χ1) is 13.4. The lowest BCUT2D eigenvalue weighted by molar-refractivity contribution is -0.138. The van der Waals surface area contributed by atoms with Crippen LogP contribution in [0.5, 0.6) is 11.6 Å². The Balaban J connectivity index is 1.54. The Morgan fingerprint density at radius 2 is 1.71 bits per heavy atom. The van der Waals surface area contributed by atoms with E-state index < -0.39 is 17.6 Å². The summed E-state index contributed by atoms with van der Waals surface area (Å²) < 4.78 is 46.4. The number of nitrogens with one attached hydrogen (secondary N) is 1. The van der Waals surface area contributed by atoms with Crippen molar-refractivity contribution in [1.82, 2.24) is 14.5 Å². The number of para-hydroxylation sites is 2. The molecule has 0 aliphatic carbocycles. The van der Waals surface area contributed by atoms with Crippen LogP contribution in [0.2, 0.25) is 0 Å². The number of hydrogen-bond acceptors (Lipinski definition) is 4. The molecular formula is C20H15F3N4O. The van der Waals surface area contributed by atoms with Crippen molar-refractivity contribution in [3.63, 3.8) is 0 Å². The van der Waals surface area contributed by atoms with Crippen LogP contribution in [0.1, 0.15) is 5.56 Å². The summed E-state index contributed by atoms with van der Waals surface area (Å²) in [5, 5.41) is 3.19. The summed E-state index contributed by atoms with van der Waals surface area (Å²) in [6, 6.07) is 16.4. The van der Waals surface area contributed by atoms with Gasteiger partial charge in [0.15, 0.2) is 0 Å². The number of pyridine rings is 1. The molecule has 2 heterocycles. The van der Waals surface area contributed by atoms with Crippen molar-refractivity contribution in [3.8, 4) is 11.6 Å². The highest BCUT2D eigenvalue weighted by Gasteiger charge is 2.35. The molecule has 0 radical (unpaired) electrons. The first kappa shape index (κ1) is 17.8. The second-order valence-electron chi connectivity index (χ2n) is 6.09. The van der Waals surface area contributed by atoms with Crippen molar-refractivity contribution in [3.05, 3.63) is 72.4 Å². The SMILES string of the molecule is Cn1c(Nc2ccc(Oc3ncccc3C(F)(F)F)cc2)nc2ccccc21. The molecule has 28 heavy (non-hydrogen) atoms. The Morgan fingerprint density at radius 1 is 0.964 bits per heavy atom. The van der Waals surface area contributed by atoms with Gasteiger partial charge in [0, 0.05) is 18.9 Å². The van der Waals surface area contributed by atoms with Crippen molar-refractivity contribution in [2.45, 2.75) is 6.18 Å². The van der Waals surface area contributed by atoms with Crippen LogP contribution in [-0.2, 0) is 13.2 Å². The monoisotopic (exact) mass is 384 g/mol. The zero-order valence-electron chi connectivity index (χ0n) is 14.7. The molecular weight excluding hydrogens is 369 g/mol. The van der Waals surface area contributed by atoms with Crippen LogP contribution in [0.25, 0.3) is 11.0 Å². The third-order valence-corrected chi connectivity index (χ3v) is 4.19. The Bertz CT molecular complexity index is 1120. The molecule has 0 bridgehead atoms. The van der Waals surface area contributed by atoms with Crippen molar-refractivity contribution in [2.75, 3.05) is 5.32 Å². The van der Waals surface area contributed by atoms with Crippen LogP contribution in [-0.4, -0.2) is 14.5 Å². The van der Waals surface area contributed by atoms with Gasteiger partial charge in [-0.05, 0) is 48.5 Å². The van der Waals surface area contributed by atoms with Crippen LogP contribution in [0, 0.1) is 0 Å². The fraction of sp³-hybridized carbons (Fsp3) is 0.100. The van der Waals surface area contributed by atoms with Crippen molar-refractivity contribution >= 4 is 22.7 Å². The first-order valence-corrected chi connectivity index (χ1v) is 8.40. The van der Waals surface area contributed by atoms with Crippen LogP contribution in [0.3, 0.4) is 0 Å². The van der Waals surface area contributed by atoms with E-state index in [-0.39, 0.29) is 5.75 Å². The molecule has 0 fully saturated rings. The number of halogens is 3. The number of aryl methyl sites for hydroxylation is 1. The average molecular weight is 384 g/mol. The van der Waals surface area contributed by atoms with Gasteiger partial charge in [-0.1, -0.05) is 12.1 Å². The highest BCUT2D eigenvalue weighted by Crippen LogP contribution is 2.36. The van der Waals surface area contributed by atoms with E-state index in [1.165, 1.54) is 12.3 Å². The van der Waals surface area contributed by atoms with Gasteiger partial charge >= 0.3 is 6.18 Å². The summed E-state index contributed by atoms with van der Waals surface area (Å²) in [6.45, 7) is 0. The Morgan fingerprint density at radius 3 is 2.43 bits per heavy atom. The molecule has 0 aliphatic heterocycles. The van der Waals surface area contributed by atoms with Crippen molar-refractivity contribution < 1.29 is 17.9 Å². The van der Waals surface area contributed by atoms with Gasteiger partial charge in [0.1, 0.15) is 11.3 Å². The Labute approximate surface area is 158 Å². The van der Waals surface area contributed by atoms with Crippen LogP contribution in [0.4, 0.5) is 24.8 Å². The van der Waals surface area contributed by atoms with Gasteiger partial charge in [0.2, 0.25) is 11.8 Å². The minimum Gasteiger partial charge on any atom is -0.438 e. The van der Waals surface area contributed by atoms with Crippen LogP contribution >= 0.6 is 0 Å². The maximum atomic E-state index is 13.0. The molecule has 0 atom stereocenters. The summed E-state index contributed by atoms with van der Waals surface area (Å²) in [5.41, 5.74) is 1.65. The van der Waals surface area contributed by atoms with Gasteiger partial charge in [-0.2, -0.15) is 13.2 Å². The molecule has 0 saturated heterocycles. The third-order valence-electron chi connectivity index (χ3n) is 4.19. The van der Waals surface area contributed by atoms with E-state index in [2.05, 4.69) is 15.3 Å². The molecule has 0 aliphatic rings. The summed E-state index contributed by atoms with van der Waals surface area (Å²) >= 11 is 0. The second-order valence-corrected chi connectivity index (χ2v) is 6.09. The van der Waals surface area contributed by atoms with Crippen LogP contribution in [0.15, 0.2) is 66.9 Å². The minimum atomic E-state index is -4.54. The number of rotatable bonds is 4. The van der Waals surface area contributed by atoms with E-state index in [0.717, 1.165) is 22.8 Å². The fourth-order valence-electron chi connectivity index (χ4n) is 2.79. The summed E-state index contributed by atoms with van der Waals surface area (Å²) in [7, 11) is 1.90. The van der Waals surface area contributed by atoms with E-state index in [1.807, 2.05) is 35.9 Å². The van der Waals surface area contributed by atoms with Gasteiger partial charge in [-0.3, -0.25) is 0 Å². The predicted octanol–water partition coefficient (Wildman–Crippen LogP) is 5.52. The second kappa shape index (κ2) is 6.88. The molecule has 2 aromatic carbocycles. The number of fused-ring (bicyclic) bond motifs is 1. The number of anilines is 2. The molecule has 0 unspecified atom stereocenters. The molecule has 5 nitrogen and oxygen atoms in total. The largest absolute Gasteiger partial charge is 0.438 e. The van der Waals surface area contributed by atoms with Gasteiger partial charge < -0.3 is 14.6 Å². The quantitative estimate of drug-likeness (QED) is 0.503. The van der Waals surface area contributed by atoms with E-state index in [9.17, 15) is 13.2 Å². The van der Waals surface area contributed by atoms with Gasteiger partial charge in [0.05, 0.1) is 11.0 Å². The molecule has 0 spiro atoms. The maximum Gasteiger partial charge on any atom is 0.421 e. The zero-order valence-corrected chi connectivity index (χ0v) is 14.7. The number of nitrogens with zero attached hydrogens (tertiary/aromatic N) is 3. The molecule has 0 saturated carbocycles. The van der Waals surface area contributed by atoms with Crippen molar-refractivity contribution in [1.29, 1.82) is 0 Å². The number of imidazole rings is 1. The number of ether oxygens (including phenoxy) is 1. The molecule has 142 valence electrons. The number of hydrogen-bond donors (Lipinski definition) is 1. The fourth-order valence-corrected chi connectivity index (χ4v) is 2.79. The third kappa shape index (κ3) is 3.48.